The number of carbonyl (C=O) groups excluding carboxylic acids is 2. The number of nitrogens with one attached hydrogen (secondary N) is 2. The first-order valence-corrected chi connectivity index (χ1v) is 11.6. The number of benzene rings is 2. The van der Waals surface area contributed by atoms with E-state index in [2.05, 4.69) is 20.7 Å². The Morgan fingerprint density at radius 3 is 2.50 bits per heavy atom. The maximum absolute atomic E-state index is 13.5. The van der Waals surface area contributed by atoms with E-state index in [4.69, 9.17) is 4.42 Å². The number of amides is 2. The molecule has 180 valence electrons. The van der Waals surface area contributed by atoms with Gasteiger partial charge in [-0.3, -0.25) is 14.3 Å². The average Bonchev–Trinajstić information content (AvgIpc) is 3.53. The Morgan fingerprint density at radius 2 is 1.72 bits per heavy atom. The van der Waals surface area contributed by atoms with Gasteiger partial charge in [0, 0.05) is 13.6 Å². The zero-order valence-corrected chi connectivity index (χ0v) is 20.0. The highest BCUT2D eigenvalue weighted by molar-refractivity contribution is 6.15. The zero-order valence-electron chi connectivity index (χ0n) is 20.0. The van der Waals surface area contributed by atoms with Crippen LogP contribution in [0.3, 0.4) is 0 Å². The van der Waals surface area contributed by atoms with Crippen molar-refractivity contribution in [2.75, 3.05) is 11.9 Å². The number of furan rings is 1. The lowest BCUT2D eigenvalue weighted by Crippen LogP contribution is -2.27. The van der Waals surface area contributed by atoms with Crippen LogP contribution in [0, 0.1) is 6.92 Å². The van der Waals surface area contributed by atoms with Gasteiger partial charge in [-0.25, -0.2) is 4.98 Å². The zero-order chi connectivity index (χ0) is 25.1. The summed E-state index contributed by atoms with van der Waals surface area (Å²) in [6.45, 7) is 2.32. The highest BCUT2D eigenvalue weighted by Gasteiger charge is 2.21. The largest absolute Gasteiger partial charge is 0.463 e. The van der Waals surface area contributed by atoms with E-state index >= 15 is 0 Å². The molecule has 0 unspecified atom stereocenters. The van der Waals surface area contributed by atoms with Gasteiger partial charge in [-0.15, -0.1) is 0 Å². The molecule has 0 aliphatic carbocycles. The molecule has 36 heavy (non-hydrogen) atoms. The number of pyridine rings is 1. The van der Waals surface area contributed by atoms with Crippen molar-refractivity contribution in [1.82, 2.24) is 20.1 Å². The molecular weight excluding hydrogens is 454 g/mol. The lowest BCUT2D eigenvalue weighted by atomic mass is 10.1. The normalized spacial score (nSPS) is 10.9. The van der Waals surface area contributed by atoms with Crippen molar-refractivity contribution in [2.45, 2.75) is 13.3 Å². The van der Waals surface area contributed by atoms with Crippen LogP contribution in [-0.4, -0.2) is 33.1 Å². The van der Waals surface area contributed by atoms with E-state index in [9.17, 15) is 9.59 Å². The highest BCUT2D eigenvalue weighted by atomic mass is 16.3. The van der Waals surface area contributed by atoms with Crippen molar-refractivity contribution >= 4 is 28.5 Å². The van der Waals surface area contributed by atoms with Crippen LogP contribution in [0.15, 0.2) is 83.5 Å². The molecule has 0 saturated carbocycles. The maximum Gasteiger partial charge on any atom is 0.256 e. The molecule has 0 atom stereocenters. The summed E-state index contributed by atoms with van der Waals surface area (Å²) >= 11 is 0. The second-order valence-electron chi connectivity index (χ2n) is 8.43. The van der Waals surface area contributed by atoms with E-state index in [1.165, 1.54) is 0 Å². The van der Waals surface area contributed by atoms with Gasteiger partial charge in [0.15, 0.2) is 11.4 Å². The number of hydrogen-bond donors (Lipinski definition) is 2. The number of rotatable bonds is 7. The smallest absolute Gasteiger partial charge is 0.256 e. The first-order valence-electron chi connectivity index (χ1n) is 11.6. The summed E-state index contributed by atoms with van der Waals surface area (Å²) < 4.78 is 7.15. The minimum atomic E-state index is -0.365. The van der Waals surface area contributed by atoms with Crippen molar-refractivity contribution in [1.29, 1.82) is 0 Å². The van der Waals surface area contributed by atoms with Crippen LogP contribution >= 0.6 is 0 Å². The quantitative estimate of drug-likeness (QED) is 0.350. The molecule has 5 rings (SSSR count). The maximum atomic E-state index is 13.5. The van der Waals surface area contributed by atoms with Gasteiger partial charge < -0.3 is 15.1 Å². The molecule has 2 N–H and O–H groups in total. The summed E-state index contributed by atoms with van der Waals surface area (Å²) in [5.74, 6) is -0.0746. The first kappa shape index (κ1) is 23.0. The molecule has 3 heterocycles. The van der Waals surface area contributed by atoms with E-state index in [1.807, 2.05) is 37.3 Å². The van der Waals surface area contributed by atoms with Gasteiger partial charge in [-0.05, 0) is 49.2 Å². The van der Waals surface area contributed by atoms with Gasteiger partial charge >= 0.3 is 0 Å². The monoisotopic (exact) mass is 479 g/mol. The average molecular weight is 480 g/mol. The molecule has 8 heteroatoms. The molecule has 3 aromatic heterocycles. The molecule has 0 radical (unpaired) electrons. The molecule has 0 fully saturated rings. The van der Waals surface area contributed by atoms with E-state index in [1.54, 1.807) is 60.5 Å². The van der Waals surface area contributed by atoms with Crippen molar-refractivity contribution in [3.05, 3.63) is 101 Å². The van der Waals surface area contributed by atoms with Crippen LogP contribution in [0.5, 0.6) is 0 Å². The predicted molar refractivity (Wildman–Crippen MR) is 138 cm³/mol. The standard InChI is InChI=1S/C28H25N5O3/c1-18-25-21(17-23(24-13-8-16-36-24)30-26(25)33(2)32-18)28(35)31-22-12-7-6-11-20(22)27(34)29-15-14-19-9-4-3-5-10-19/h3-13,16-17H,14-15H2,1-2H3,(H,29,34)(H,31,35). The molecule has 0 aliphatic rings. The van der Waals surface area contributed by atoms with Crippen LogP contribution in [-0.2, 0) is 13.5 Å². The molecule has 5 aromatic rings. The Labute approximate surface area is 208 Å². The van der Waals surface area contributed by atoms with Gasteiger partial charge in [0.1, 0.15) is 5.69 Å². The van der Waals surface area contributed by atoms with Crippen LogP contribution in [0.25, 0.3) is 22.5 Å². The minimum Gasteiger partial charge on any atom is -0.463 e. The summed E-state index contributed by atoms with van der Waals surface area (Å²) in [6.07, 6.45) is 2.27. The first-order chi connectivity index (χ1) is 17.5. The number of para-hydroxylation sites is 1. The molecule has 0 spiro atoms. The van der Waals surface area contributed by atoms with Crippen LogP contribution in [0.1, 0.15) is 32.0 Å². The molecule has 8 nitrogen and oxygen atoms in total. The summed E-state index contributed by atoms with van der Waals surface area (Å²) in [5.41, 5.74) is 4.12. The molecule has 2 amide bonds. The second kappa shape index (κ2) is 9.87. The Bertz CT molecular complexity index is 1540. The number of nitrogens with zero attached hydrogens (tertiary/aromatic N) is 3. The Kier molecular flexibility index (Phi) is 6.32. The van der Waals surface area contributed by atoms with Gasteiger partial charge in [0.25, 0.3) is 11.8 Å². The minimum absolute atomic E-state index is 0.254. The van der Waals surface area contributed by atoms with Crippen molar-refractivity contribution in [3.63, 3.8) is 0 Å². The predicted octanol–water partition coefficient (Wildman–Crippen LogP) is 4.76. The molecule has 0 bridgehead atoms. The number of anilines is 1. The molecule has 0 saturated heterocycles. The molecule has 2 aromatic carbocycles. The van der Waals surface area contributed by atoms with Crippen molar-refractivity contribution < 1.29 is 14.0 Å². The van der Waals surface area contributed by atoms with E-state index in [0.29, 0.717) is 58.0 Å². The third-order valence-corrected chi connectivity index (χ3v) is 5.95. The van der Waals surface area contributed by atoms with Gasteiger partial charge in [0.05, 0.1) is 34.2 Å². The van der Waals surface area contributed by atoms with Crippen LogP contribution < -0.4 is 10.6 Å². The molecule has 0 aliphatic heterocycles. The van der Waals surface area contributed by atoms with Gasteiger partial charge in [-0.2, -0.15) is 5.10 Å². The second-order valence-corrected chi connectivity index (χ2v) is 8.43. The van der Waals surface area contributed by atoms with Crippen LogP contribution in [0.4, 0.5) is 5.69 Å². The van der Waals surface area contributed by atoms with E-state index < -0.39 is 0 Å². The Hall–Kier alpha value is -4.72. The third-order valence-electron chi connectivity index (χ3n) is 5.95. The fourth-order valence-electron chi connectivity index (χ4n) is 4.21. The lowest BCUT2D eigenvalue weighted by molar-refractivity contribution is 0.0955. The number of aryl methyl sites for hydroxylation is 2. The summed E-state index contributed by atoms with van der Waals surface area (Å²) in [4.78, 5) is 31.2. The fraction of sp³-hybridized carbons (Fsp3) is 0.143. The SMILES string of the molecule is Cc1nn(C)c2nc(-c3ccco3)cc(C(=O)Nc3ccccc3C(=O)NCCc3ccccc3)c12. The van der Waals surface area contributed by atoms with E-state index in [0.717, 1.165) is 5.56 Å². The van der Waals surface area contributed by atoms with Crippen LogP contribution in [0.2, 0.25) is 0 Å². The van der Waals surface area contributed by atoms with Crippen molar-refractivity contribution in [3.8, 4) is 11.5 Å². The third kappa shape index (κ3) is 4.61. The Balaban J connectivity index is 1.41. The number of fused-ring (bicyclic) bond motifs is 1. The summed E-state index contributed by atoms with van der Waals surface area (Å²) in [5, 5.41) is 11.0. The highest BCUT2D eigenvalue weighted by Crippen LogP contribution is 2.28. The topological polar surface area (TPSA) is 102 Å². The molecular formula is C28H25N5O3. The summed E-state index contributed by atoms with van der Waals surface area (Å²) in [7, 11) is 1.78. The van der Waals surface area contributed by atoms with Crippen molar-refractivity contribution in [2.24, 2.45) is 7.05 Å². The summed E-state index contributed by atoms with van der Waals surface area (Å²) in [6, 6.07) is 22.1. The van der Waals surface area contributed by atoms with Gasteiger partial charge in [-0.1, -0.05) is 42.5 Å². The number of carbonyl (C=O) groups is 2. The number of aromatic nitrogens is 3. The van der Waals surface area contributed by atoms with E-state index in [-0.39, 0.29) is 11.8 Å². The Morgan fingerprint density at radius 1 is 0.944 bits per heavy atom. The fourth-order valence-corrected chi connectivity index (χ4v) is 4.21. The number of hydrogen-bond acceptors (Lipinski definition) is 5. The van der Waals surface area contributed by atoms with Gasteiger partial charge in [0.2, 0.25) is 0 Å². The lowest BCUT2D eigenvalue weighted by Gasteiger charge is -2.13.